The Balaban J connectivity index is 1.49. The van der Waals surface area contributed by atoms with Crippen molar-refractivity contribution in [1.29, 1.82) is 0 Å². The molecule has 0 radical (unpaired) electrons. The number of aromatic nitrogens is 3. The van der Waals surface area contributed by atoms with Gasteiger partial charge in [0.05, 0.1) is 11.4 Å². The van der Waals surface area contributed by atoms with Crippen LogP contribution in [-0.4, -0.2) is 51.8 Å². The van der Waals surface area contributed by atoms with Gasteiger partial charge in [0.2, 0.25) is 11.8 Å². The standard InChI is InChI=1S/C19H31N5O2/c1-5-24(18(26)14-8-12(14)2)11-19(3,4)10-20-17(25)13-6-7-15-16(9-13)22-23-21-15/h12-14H,5-11H2,1-4H3,(H,20,25)(H,21,22,23)/t12-,13?,14-/m0/s1. The number of hydrogen-bond donors (Lipinski definition) is 2. The largest absolute Gasteiger partial charge is 0.355 e. The van der Waals surface area contributed by atoms with Crippen LogP contribution in [0.2, 0.25) is 0 Å². The van der Waals surface area contributed by atoms with Crippen molar-refractivity contribution in [2.24, 2.45) is 23.2 Å². The Bertz CT molecular complexity index is 669. The molecule has 2 N–H and O–H groups in total. The average Bonchev–Trinajstić information content (AvgIpc) is 3.16. The summed E-state index contributed by atoms with van der Waals surface area (Å²) in [5, 5.41) is 14.0. The molecule has 0 aliphatic heterocycles. The highest BCUT2D eigenvalue weighted by Crippen LogP contribution is 2.39. The molecule has 1 aromatic rings. The third-order valence-electron chi connectivity index (χ3n) is 5.72. The summed E-state index contributed by atoms with van der Waals surface area (Å²) >= 11 is 0. The molecule has 2 aliphatic carbocycles. The van der Waals surface area contributed by atoms with Gasteiger partial charge in [0.1, 0.15) is 0 Å². The number of nitrogens with one attached hydrogen (secondary N) is 2. The van der Waals surface area contributed by atoms with E-state index >= 15 is 0 Å². The van der Waals surface area contributed by atoms with Crippen LogP contribution >= 0.6 is 0 Å². The second-order valence-electron chi connectivity index (χ2n) is 8.71. The number of carbonyl (C=O) groups is 2. The van der Waals surface area contributed by atoms with Gasteiger partial charge in [0, 0.05) is 37.9 Å². The van der Waals surface area contributed by atoms with Crippen LogP contribution in [0, 0.1) is 23.2 Å². The first-order valence-electron chi connectivity index (χ1n) is 9.75. The Morgan fingerprint density at radius 3 is 2.65 bits per heavy atom. The summed E-state index contributed by atoms with van der Waals surface area (Å²) in [4.78, 5) is 27.0. The number of fused-ring (bicyclic) bond motifs is 1. The number of aromatic amines is 1. The molecular weight excluding hydrogens is 330 g/mol. The minimum absolute atomic E-state index is 0.0420. The molecule has 0 bridgehead atoms. The first-order valence-corrected chi connectivity index (χ1v) is 9.75. The number of hydrogen-bond acceptors (Lipinski definition) is 4. The van der Waals surface area contributed by atoms with E-state index in [1.807, 2.05) is 11.8 Å². The maximum atomic E-state index is 12.6. The van der Waals surface area contributed by atoms with Gasteiger partial charge in [0.25, 0.3) is 0 Å². The quantitative estimate of drug-likeness (QED) is 0.771. The molecule has 1 heterocycles. The van der Waals surface area contributed by atoms with Gasteiger partial charge in [-0.2, -0.15) is 15.4 Å². The molecule has 1 fully saturated rings. The SMILES string of the molecule is CCN(CC(C)(C)CNC(=O)C1CCc2n[nH]nc2C1)C(=O)[C@H]1C[C@@H]1C. The van der Waals surface area contributed by atoms with E-state index in [4.69, 9.17) is 0 Å². The van der Waals surface area contributed by atoms with Gasteiger partial charge in [-0.25, -0.2) is 0 Å². The summed E-state index contributed by atoms with van der Waals surface area (Å²) in [6.07, 6.45) is 3.27. The van der Waals surface area contributed by atoms with Crippen LogP contribution in [-0.2, 0) is 22.4 Å². The van der Waals surface area contributed by atoms with Crippen LogP contribution in [0.15, 0.2) is 0 Å². The van der Waals surface area contributed by atoms with Crippen molar-refractivity contribution in [1.82, 2.24) is 25.6 Å². The molecule has 1 saturated carbocycles. The monoisotopic (exact) mass is 361 g/mol. The first kappa shape index (κ1) is 18.9. The third-order valence-corrected chi connectivity index (χ3v) is 5.72. The number of amides is 2. The zero-order chi connectivity index (χ0) is 18.9. The van der Waals surface area contributed by atoms with Crippen molar-refractivity contribution in [3.63, 3.8) is 0 Å². The smallest absolute Gasteiger partial charge is 0.225 e. The summed E-state index contributed by atoms with van der Waals surface area (Å²) in [5.41, 5.74) is 1.74. The number of carbonyl (C=O) groups excluding carboxylic acids is 2. The fourth-order valence-electron chi connectivity index (χ4n) is 3.80. The predicted octanol–water partition coefficient (Wildman–Crippen LogP) is 1.56. The van der Waals surface area contributed by atoms with Crippen molar-refractivity contribution >= 4 is 11.8 Å². The van der Waals surface area contributed by atoms with Gasteiger partial charge in [-0.05, 0) is 37.5 Å². The van der Waals surface area contributed by atoms with Gasteiger partial charge < -0.3 is 10.2 Å². The molecule has 7 heteroatoms. The lowest BCUT2D eigenvalue weighted by molar-refractivity contribution is -0.134. The second kappa shape index (κ2) is 7.37. The van der Waals surface area contributed by atoms with Crippen LogP contribution in [0.1, 0.15) is 51.9 Å². The molecule has 7 nitrogen and oxygen atoms in total. The fraction of sp³-hybridized carbons (Fsp3) is 0.789. The molecule has 0 spiro atoms. The van der Waals surface area contributed by atoms with Crippen LogP contribution in [0.5, 0.6) is 0 Å². The van der Waals surface area contributed by atoms with Crippen molar-refractivity contribution in [2.75, 3.05) is 19.6 Å². The number of aryl methyl sites for hydroxylation is 1. The molecule has 0 saturated heterocycles. The lowest BCUT2D eigenvalue weighted by Gasteiger charge is -2.33. The van der Waals surface area contributed by atoms with Crippen molar-refractivity contribution in [2.45, 2.75) is 53.4 Å². The van der Waals surface area contributed by atoms with Gasteiger partial charge in [-0.3, -0.25) is 9.59 Å². The van der Waals surface area contributed by atoms with Crippen molar-refractivity contribution in [3.8, 4) is 0 Å². The Morgan fingerprint density at radius 1 is 1.31 bits per heavy atom. The van der Waals surface area contributed by atoms with E-state index in [0.29, 0.717) is 25.4 Å². The lowest BCUT2D eigenvalue weighted by Crippen LogP contribution is -2.46. The highest BCUT2D eigenvalue weighted by molar-refractivity contribution is 5.81. The summed E-state index contributed by atoms with van der Waals surface area (Å²) in [5.74, 6) is 1.04. The normalized spacial score (nSPS) is 24.7. The molecule has 144 valence electrons. The summed E-state index contributed by atoms with van der Waals surface area (Å²) in [6, 6.07) is 0. The number of H-pyrrole nitrogens is 1. The highest BCUT2D eigenvalue weighted by atomic mass is 16.2. The molecule has 2 amide bonds. The van der Waals surface area contributed by atoms with Gasteiger partial charge in [0.15, 0.2) is 0 Å². The van der Waals surface area contributed by atoms with E-state index in [1.165, 1.54) is 0 Å². The summed E-state index contributed by atoms with van der Waals surface area (Å²) in [6.45, 7) is 10.3. The van der Waals surface area contributed by atoms with Gasteiger partial charge >= 0.3 is 0 Å². The maximum Gasteiger partial charge on any atom is 0.225 e. The van der Waals surface area contributed by atoms with Crippen molar-refractivity contribution < 1.29 is 9.59 Å². The molecular formula is C19H31N5O2. The van der Waals surface area contributed by atoms with E-state index in [-0.39, 0.29) is 29.1 Å². The zero-order valence-corrected chi connectivity index (χ0v) is 16.3. The Hall–Kier alpha value is -1.92. The summed E-state index contributed by atoms with van der Waals surface area (Å²) < 4.78 is 0. The number of nitrogens with zero attached hydrogens (tertiary/aromatic N) is 3. The molecule has 1 unspecified atom stereocenters. The molecule has 3 atom stereocenters. The Morgan fingerprint density at radius 2 is 2.00 bits per heavy atom. The van der Waals surface area contributed by atoms with E-state index in [0.717, 1.165) is 37.2 Å². The Kier molecular flexibility index (Phi) is 5.34. The first-order chi connectivity index (χ1) is 12.3. The van der Waals surface area contributed by atoms with E-state index in [9.17, 15) is 9.59 Å². The van der Waals surface area contributed by atoms with Crippen LogP contribution < -0.4 is 5.32 Å². The fourth-order valence-corrected chi connectivity index (χ4v) is 3.80. The second-order valence-corrected chi connectivity index (χ2v) is 8.71. The zero-order valence-electron chi connectivity index (χ0n) is 16.3. The topological polar surface area (TPSA) is 91.0 Å². The summed E-state index contributed by atoms with van der Waals surface area (Å²) in [7, 11) is 0. The van der Waals surface area contributed by atoms with Gasteiger partial charge in [-0.1, -0.05) is 20.8 Å². The lowest BCUT2D eigenvalue weighted by atomic mass is 9.88. The average molecular weight is 361 g/mol. The van der Waals surface area contributed by atoms with Crippen LogP contribution in [0.4, 0.5) is 0 Å². The molecule has 0 aromatic carbocycles. The molecule has 2 aliphatic rings. The van der Waals surface area contributed by atoms with Crippen LogP contribution in [0.25, 0.3) is 0 Å². The highest BCUT2D eigenvalue weighted by Gasteiger charge is 2.42. The molecule has 3 rings (SSSR count). The number of rotatable bonds is 7. The molecule has 26 heavy (non-hydrogen) atoms. The molecule has 1 aromatic heterocycles. The minimum Gasteiger partial charge on any atom is -0.355 e. The minimum atomic E-state index is -0.160. The maximum absolute atomic E-state index is 12.6. The van der Waals surface area contributed by atoms with E-state index in [2.05, 4.69) is 41.5 Å². The van der Waals surface area contributed by atoms with Gasteiger partial charge in [-0.15, -0.1) is 0 Å². The third kappa shape index (κ3) is 4.24. The Labute approximate surface area is 155 Å². The van der Waals surface area contributed by atoms with E-state index in [1.54, 1.807) is 0 Å². The van der Waals surface area contributed by atoms with Crippen molar-refractivity contribution in [3.05, 3.63) is 11.4 Å². The van der Waals surface area contributed by atoms with Crippen LogP contribution in [0.3, 0.4) is 0 Å². The predicted molar refractivity (Wildman–Crippen MR) is 98.2 cm³/mol. The van der Waals surface area contributed by atoms with E-state index < -0.39 is 0 Å².